The lowest BCUT2D eigenvalue weighted by molar-refractivity contribution is -0.119. The molecule has 0 aliphatic heterocycles. The van der Waals surface area contributed by atoms with E-state index < -0.39 is 6.03 Å². The molecule has 1 heterocycles. The SMILES string of the molecule is NC(=O)NC(=O)CCSCc1csc(Cc2ccccc2)n1. The molecule has 22 heavy (non-hydrogen) atoms. The van der Waals surface area contributed by atoms with Crippen molar-refractivity contribution in [3.05, 3.63) is 52.0 Å². The number of hydrogen-bond donors (Lipinski definition) is 2. The summed E-state index contributed by atoms with van der Waals surface area (Å²) < 4.78 is 0. The zero-order valence-electron chi connectivity index (χ0n) is 12.0. The van der Waals surface area contributed by atoms with E-state index in [0.29, 0.717) is 5.75 Å². The van der Waals surface area contributed by atoms with Crippen molar-refractivity contribution in [1.29, 1.82) is 0 Å². The maximum Gasteiger partial charge on any atom is 0.318 e. The lowest BCUT2D eigenvalue weighted by Gasteiger charge is -2.00. The average molecular weight is 335 g/mol. The molecule has 7 heteroatoms. The molecule has 3 N–H and O–H groups in total. The molecule has 0 saturated carbocycles. The minimum Gasteiger partial charge on any atom is -0.351 e. The molecule has 0 aliphatic rings. The minimum absolute atomic E-state index is 0.272. The Morgan fingerprint density at radius 1 is 1.27 bits per heavy atom. The molecule has 0 unspecified atom stereocenters. The number of urea groups is 1. The van der Waals surface area contributed by atoms with Gasteiger partial charge in [0.15, 0.2) is 0 Å². The van der Waals surface area contributed by atoms with Crippen LogP contribution >= 0.6 is 23.1 Å². The van der Waals surface area contributed by atoms with Crippen molar-refractivity contribution < 1.29 is 9.59 Å². The van der Waals surface area contributed by atoms with Crippen molar-refractivity contribution in [3.8, 4) is 0 Å². The highest BCUT2D eigenvalue weighted by Crippen LogP contribution is 2.18. The fraction of sp³-hybridized carbons (Fsp3) is 0.267. The van der Waals surface area contributed by atoms with E-state index in [1.54, 1.807) is 23.1 Å². The largest absolute Gasteiger partial charge is 0.351 e. The number of aromatic nitrogens is 1. The van der Waals surface area contributed by atoms with Crippen molar-refractivity contribution in [2.45, 2.75) is 18.6 Å². The van der Waals surface area contributed by atoms with Gasteiger partial charge in [-0.1, -0.05) is 30.3 Å². The molecule has 2 rings (SSSR count). The number of thiazole rings is 1. The van der Waals surface area contributed by atoms with E-state index in [-0.39, 0.29) is 12.3 Å². The first-order valence-electron chi connectivity index (χ1n) is 6.77. The smallest absolute Gasteiger partial charge is 0.318 e. The Morgan fingerprint density at radius 2 is 2.05 bits per heavy atom. The van der Waals surface area contributed by atoms with E-state index in [2.05, 4.69) is 22.5 Å². The fourth-order valence-corrected chi connectivity index (χ4v) is 3.57. The van der Waals surface area contributed by atoms with Crippen molar-refractivity contribution in [2.75, 3.05) is 5.75 Å². The summed E-state index contributed by atoms with van der Waals surface area (Å²) in [5, 5.41) is 5.19. The van der Waals surface area contributed by atoms with Gasteiger partial charge >= 0.3 is 6.03 Å². The van der Waals surface area contributed by atoms with Crippen molar-refractivity contribution in [1.82, 2.24) is 10.3 Å². The Morgan fingerprint density at radius 3 is 2.77 bits per heavy atom. The molecule has 3 amide bonds. The average Bonchev–Trinajstić information content (AvgIpc) is 2.91. The third kappa shape index (κ3) is 5.87. The summed E-state index contributed by atoms with van der Waals surface area (Å²) in [5.41, 5.74) is 7.14. The van der Waals surface area contributed by atoms with Crippen LogP contribution in [0.2, 0.25) is 0 Å². The summed E-state index contributed by atoms with van der Waals surface area (Å²) in [6.07, 6.45) is 1.12. The number of thioether (sulfide) groups is 1. The molecule has 0 aliphatic carbocycles. The Kier molecular flexibility index (Phi) is 6.42. The third-order valence-corrected chi connectivity index (χ3v) is 4.67. The van der Waals surface area contributed by atoms with E-state index in [0.717, 1.165) is 22.9 Å². The molecule has 0 bridgehead atoms. The highest BCUT2D eigenvalue weighted by Gasteiger charge is 2.06. The molecule has 2 aromatic rings. The zero-order valence-corrected chi connectivity index (χ0v) is 13.6. The predicted octanol–water partition coefficient (Wildman–Crippen LogP) is 2.55. The second-order valence-electron chi connectivity index (χ2n) is 4.61. The van der Waals surface area contributed by atoms with Gasteiger partial charge in [-0.2, -0.15) is 11.8 Å². The van der Waals surface area contributed by atoms with Gasteiger partial charge in [-0.15, -0.1) is 11.3 Å². The fourth-order valence-electron chi connectivity index (χ4n) is 1.81. The van der Waals surface area contributed by atoms with Crippen LogP contribution in [0.4, 0.5) is 4.79 Å². The number of primary amides is 1. The van der Waals surface area contributed by atoms with Crippen LogP contribution in [0, 0.1) is 0 Å². The van der Waals surface area contributed by atoms with Crippen molar-refractivity contribution in [2.24, 2.45) is 5.73 Å². The number of hydrogen-bond acceptors (Lipinski definition) is 5. The first-order valence-corrected chi connectivity index (χ1v) is 8.81. The van der Waals surface area contributed by atoms with Crippen LogP contribution < -0.4 is 11.1 Å². The molecule has 0 radical (unpaired) electrons. The van der Waals surface area contributed by atoms with Gasteiger partial charge in [0.25, 0.3) is 0 Å². The molecule has 5 nitrogen and oxygen atoms in total. The highest BCUT2D eigenvalue weighted by molar-refractivity contribution is 7.98. The topological polar surface area (TPSA) is 85.1 Å². The van der Waals surface area contributed by atoms with E-state index in [4.69, 9.17) is 5.73 Å². The molecule has 0 atom stereocenters. The van der Waals surface area contributed by atoms with Gasteiger partial charge in [0, 0.05) is 29.7 Å². The van der Waals surface area contributed by atoms with E-state index in [1.165, 1.54) is 5.56 Å². The maximum absolute atomic E-state index is 11.2. The van der Waals surface area contributed by atoms with Gasteiger partial charge in [0.05, 0.1) is 10.7 Å². The molecule has 1 aromatic heterocycles. The number of carbonyl (C=O) groups is 2. The third-order valence-electron chi connectivity index (χ3n) is 2.78. The Bertz CT molecular complexity index is 629. The number of nitrogens with two attached hydrogens (primary N) is 1. The molecule has 0 saturated heterocycles. The highest BCUT2D eigenvalue weighted by atomic mass is 32.2. The number of rotatable bonds is 7. The Hall–Kier alpha value is -1.86. The molecule has 0 spiro atoms. The predicted molar refractivity (Wildman–Crippen MR) is 89.9 cm³/mol. The summed E-state index contributed by atoms with van der Waals surface area (Å²) in [6, 6.07) is 9.43. The first-order chi connectivity index (χ1) is 10.6. The monoisotopic (exact) mass is 335 g/mol. The number of imide groups is 1. The van der Waals surface area contributed by atoms with Crippen LogP contribution in [-0.4, -0.2) is 22.7 Å². The molecule has 1 aromatic carbocycles. The van der Waals surface area contributed by atoms with Gasteiger partial charge in [-0.25, -0.2) is 9.78 Å². The summed E-state index contributed by atoms with van der Waals surface area (Å²) in [6.45, 7) is 0. The van der Waals surface area contributed by atoms with Crippen LogP contribution in [0.1, 0.15) is 22.7 Å². The van der Waals surface area contributed by atoms with Crippen LogP contribution in [0.25, 0.3) is 0 Å². The van der Waals surface area contributed by atoms with Crippen molar-refractivity contribution in [3.63, 3.8) is 0 Å². The number of nitrogens with one attached hydrogen (secondary N) is 1. The second-order valence-corrected chi connectivity index (χ2v) is 6.66. The first kappa shape index (κ1) is 16.5. The van der Waals surface area contributed by atoms with Crippen LogP contribution in [0.3, 0.4) is 0 Å². The number of amides is 3. The lowest BCUT2D eigenvalue weighted by Crippen LogP contribution is -2.35. The van der Waals surface area contributed by atoms with Crippen LogP contribution in [0.5, 0.6) is 0 Å². The zero-order chi connectivity index (χ0) is 15.8. The molecular weight excluding hydrogens is 318 g/mol. The lowest BCUT2D eigenvalue weighted by atomic mass is 10.2. The van der Waals surface area contributed by atoms with Crippen molar-refractivity contribution >= 4 is 35.0 Å². The van der Waals surface area contributed by atoms with E-state index in [1.807, 2.05) is 23.5 Å². The van der Waals surface area contributed by atoms with Gasteiger partial charge in [-0.3, -0.25) is 10.1 Å². The van der Waals surface area contributed by atoms with Gasteiger partial charge in [-0.05, 0) is 5.56 Å². The van der Waals surface area contributed by atoms with Gasteiger partial charge < -0.3 is 5.73 Å². The second kappa shape index (κ2) is 8.55. The van der Waals surface area contributed by atoms with E-state index in [9.17, 15) is 9.59 Å². The number of carbonyl (C=O) groups excluding carboxylic acids is 2. The molecular formula is C15H17N3O2S2. The van der Waals surface area contributed by atoms with E-state index >= 15 is 0 Å². The summed E-state index contributed by atoms with van der Waals surface area (Å²) in [5.74, 6) is 1.04. The quantitative estimate of drug-likeness (QED) is 0.762. The number of benzene rings is 1. The summed E-state index contributed by atoms with van der Waals surface area (Å²) >= 11 is 3.26. The Labute approximate surface area is 137 Å². The molecule has 116 valence electrons. The minimum atomic E-state index is -0.806. The van der Waals surface area contributed by atoms with Crippen LogP contribution in [-0.2, 0) is 17.0 Å². The Balaban J connectivity index is 1.71. The van der Waals surface area contributed by atoms with Gasteiger partial charge in [0.2, 0.25) is 5.91 Å². The summed E-state index contributed by atoms with van der Waals surface area (Å²) in [7, 11) is 0. The van der Waals surface area contributed by atoms with Crippen LogP contribution in [0.15, 0.2) is 35.7 Å². The number of nitrogens with zero attached hydrogens (tertiary/aromatic N) is 1. The van der Waals surface area contributed by atoms with Gasteiger partial charge in [0.1, 0.15) is 0 Å². The standard InChI is InChI=1S/C15H17N3O2S2/c16-15(20)18-13(19)6-7-21-9-12-10-22-14(17-12)8-11-4-2-1-3-5-11/h1-5,10H,6-9H2,(H3,16,18,19,20). The summed E-state index contributed by atoms with van der Waals surface area (Å²) in [4.78, 5) is 26.3. The maximum atomic E-state index is 11.2. The normalized spacial score (nSPS) is 10.4. The molecule has 0 fully saturated rings.